The second kappa shape index (κ2) is 7.11. The molecule has 5 heteroatoms. The van der Waals surface area contributed by atoms with Crippen LogP contribution in [0.1, 0.15) is 26.7 Å². The second-order valence-electron chi connectivity index (χ2n) is 5.39. The lowest BCUT2D eigenvalue weighted by molar-refractivity contribution is -0.134. The topological polar surface area (TPSA) is 58.6 Å². The van der Waals surface area contributed by atoms with Crippen LogP contribution in [0.3, 0.4) is 0 Å². The summed E-state index contributed by atoms with van der Waals surface area (Å²) >= 11 is 0. The van der Waals surface area contributed by atoms with Crippen molar-refractivity contribution in [3.63, 3.8) is 0 Å². The predicted octanol–water partition coefficient (Wildman–Crippen LogP) is 1.58. The van der Waals surface area contributed by atoms with Crippen molar-refractivity contribution in [2.24, 2.45) is 0 Å². The number of hydrogen-bond donors (Lipinski definition) is 1. The smallest absolute Gasteiger partial charge is 0.245 e. The largest absolute Gasteiger partial charge is 0.494 e. The van der Waals surface area contributed by atoms with Gasteiger partial charge in [0.1, 0.15) is 11.8 Å². The first-order valence-electron chi connectivity index (χ1n) is 7.35. The third-order valence-corrected chi connectivity index (χ3v) is 3.60. The highest BCUT2D eigenvalue weighted by Gasteiger charge is 2.30. The van der Waals surface area contributed by atoms with Gasteiger partial charge in [-0.15, -0.1) is 0 Å². The highest BCUT2D eigenvalue weighted by molar-refractivity contribution is 5.90. The minimum atomic E-state index is -0.447. The van der Waals surface area contributed by atoms with E-state index in [4.69, 9.17) is 4.74 Å². The van der Waals surface area contributed by atoms with Crippen molar-refractivity contribution in [3.05, 3.63) is 30.3 Å². The van der Waals surface area contributed by atoms with Crippen LogP contribution >= 0.6 is 0 Å². The minimum Gasteiger partial charge on any atom is -0.494 e. The predicted molar refractivity (Wildman–Crippen MR) is 80.0 cm³/mol. The van der Waals surface area contributed by atoms with E-state index < -0.39 is 6.04 Å². The number of amides is 2. The molecule has 0 aromatic heterocycles. The van der Waals surface area contributed by atoms with Gasteiger partial charge in [-0.05, 0) is 32.4 Å². The Kier molecular flexibility index (Phi) is 5.20. The van der Waals surface area contributed by atoms with Crippen LogP contribution in [0.15, 0.2) is 30.3 Å². The fraction of sp³-hybridized carbons (Fsp3) is 0.500. The summed E-state index contributed by atoms with van der Waals surface area (Å²) in [5.74, 6) is 0.748. The first-order valence-corrected chi connectivity index (χ1v) is 7.35. The van der Waals surface area contributed by atoms with E-state index in [2.05, 4.69) is 5.32 Å². The molecule has 0 aliphatic carbocycles. The van der Waals surface area contributed by atoms with Crippen molar-refractivity contribution < 1.29 is 14.3 Å². The number of hydrogen-bond acceptors (Lipinski definition) is 3. The SMILES string of the molecule is CC1NC(=O)CC(C)N(CCCOc2ccccc2)C1=O. The molecule has 2 unspecified atom stereocenters. The van der Waals surface area contributed by atoms with Crippen molar-refractivity contribution in [2.75, 3.05) is 13.2 Å². The summed E-state index contributed by atoms with van der Waals surface area (Å²) in [6.07, 6.45) is 1.10. The summed E-state index contributed by atoms with van der Waals surface area (Å²) in [6, 6.07) is 9.09. The summed E-state index contributed by atoms with van der Waals surface area (Å²) < 4.78 is 5.63. The molecular weight excluding hydrogens is 268 g/mol. The van der Waals surface area contributed by atoms with Crippen LogP contribution in [0.2, 0.25) is 0 Å². The van der Waals surface area contributed by atoms with E-state index in [0.717, 1.165) is 12.2 Å². The highest BCUT2D eigenvalue weighted by Crippen LogP contribution is 2.13. The number of nitrogens with one attached hydrogen (secondary N) is 1. The number of carbonyl (C=O) groups excluding carboxylic acids is 2. The van der Waals surface area contributed by atoms with Gasteiger partial charge in [-0.2, -0.15) is 0 Å². The van der Waals surface area contributed by atoms with E-state index in [0.29, 0.717) is 19.6 Å². The van der Waals surface area contributed by atoms with Crippen molar-refractivity contribution >= 4 is 11.8 Å². The van der Waals surface area contributed by atoms with Crippen molar-refractivity contribution in [3.8, 4) is 5.75 Å². The van der Waals surface area contributed by atoms with E-state index >= 15 is 0 Å². The van der Waals surface area contributed by atoms with Crippen LogP contribution in [-0.4, -0.2) is 41.9 Å². The molecule has 0 bridgehead atoms. The zero-order valence-corrected chi connectivity index (χ0v) is 12.5. The molecule has 2 atom stereocenters. The Hall–Kier alpha value is -2.04. The van der Waals surface area contributed by atoms with E-state index in [1.807, 2.05) is 37.3 Å². The average molecular weight is 290 g/mol. The van der Waals surface area contributed by atoms with Gasteiger partial charge in [-0.3, -0.25) is 9.59 Å². The third kappa shape index (κ3) is 4.21. The maximum absolute atomic E-state index is 12.2. The molecule has 0 radical (unpaired) electrons. The first kappa shape index (κ1) is 15.4. The third-order valence-electron chi connectivity index (χ3n) is 3.60. The fourth-order valence-corrected chi connectivity index (χ4v) is 2.48. The number of rotatable bonds is 5. The molecule has 2 rings (SSSR count). The lowest BCUT2D eigenvalue weighted by Crippen LogP contribution is -2.45. The van der Waals surface area contributed by atoms with E-state index in [1.165, 1.54) is 0 Å². The maximum Gasteiger partial charge on any atom is 0.245 e. The summed E-state index contributed by atoms with van der Waals surface area (Å²) in [4.78, 5) is 25.6. The first-order chi connectivity index (χ1) is 10.1. The molecule has 1 N–H and O–H groups in total. The molecule has 0 spiro atoms. The van der Waals surface area contributed by atoms with Crippen molar-refractivity contribution in [1.82, 2.24) is 10.2 Å². The van der Waals surface area contributed by atoms with Gasteiger partial charge in [0.2, 0.25) is 11.8 Å². The Balaban J connectivity index is 1.83. The number of nitrogens with zero attached hydrogens (tertiary/aromatic N) is 1. The molecule has 1 saturated heterocycles. The number of carbonyl (C=O) groups is 2. The minimum absolute atomic E-state index is 0.0203. The molecule has 1 heterocycles. The van der Waals surface area contributed by atoms with Crippen LogP contribution in [-0.2, 0) is 9.59 Å². The van der Waals surface area contributed by atoms with Crippen LogP contribution < -0.4 is 10.1 Å². The summed E-state index contributed by atoms with van der Waals surface area (Å²) in [7, 11) is 0. The average Bonchev–Trinajstić information content (AvgIpc) is 2.55. The van der Waals surface area contributed by atoms with Crippen molar-refractivity contribution in [2.45, 2.75) is 38.8 Å². The molecule has 5 nitrogen and oxygen atoms in total. The standard InChI is InChI=1S/C16H22N2O3/c1-12-11-15(19)17-13(2)16(20)18(12)9-6-10-21-14-7-4-3-5-8-14/h3-5,7-8,12-13H,6,9-11H2,1-2H3,(H,17,19). The van der Waals surface area contributed by atoms with Crippen LogP contribution in [0.25, 0.3) is 0 Å². The van der Waals surface area contributed by atoms with Gasteiger partial charge >= 0.3 is 0 Å². The molecule has 114 valence electrons. The molecule has 1 aliphatic rings. The van der Waals surface area contributed by atoms with Crippen molar-refractivity contribution in [1.29, 1.82) is 0 Å². The van der Waals surface area contributed by atoms with E-state index in [1.54, 1.807) is 11.8 Å². The van der Waals surface area contributed by atoms with Crippen LogP contribution in [0.4, 0.5) is 0 Å². The Labute approximate surface area is 125 Å². The zero-order chi connectivity index (χ0) is 15.2. The summed E-state index contributed by atoms with van der Waals surface area (Å²) in [5, 5.41) is 2.71. The molecule has 2 amide bonds. The van der Waals surface area contributed by atoms with Gasteiger partial charge in [0.15, 0.2) is 0 Å². The quantitative estimate of drug-likeness (QED) is 0.838. The Morgan fingerprint density at radius 1 is 1.24 bits per heavy atom. The zero-order valence-electron chi connectivity index (χ0n) is 12.5. The Bertz CT molecular complexity index is 490. The Morgan fingerprint density at radius 2 is 1.95 bits per heavy atom. The molecule has 0 saturated carbocycles. The normalized spacial score (nSPS) is 22.7. The molecule has 1 aliphatic heterocycles. The lowest BCUT2D eigenvalue weighted by atomic mass is 10.2. The van der Waals surface area contributed by atoms with Gasteiger partial charge < -0.3 is 15.0 Å². The molecule has 1 aromatic carbocycles. The van der Waals surface area contributed by atoms with Gasteiger partial charge in [0, 0.05) is 19.0 Å². The van der Waals surface area contributed by atoms with Gasteiger partial charge in [0.05, 0.1) is 6.61 Å². The molecule has 21 heavy (non-hydrogen) atoms. The molecule has 1 aromatic rings. The fourth-order valence-electron chi connectivity index (χ4n) is 2.48. The van der Waals surface area contributed by atoms with Crippen LogP contribution in [0, 0.1) is 0 Å². The lowest BCUT2D eigenvalue weighted by Gasteiger charge is -2.27. The maximum atomic E-state index is 12.2. The second-order valence-corrected chi connectivity index (χ2v) is 5.39. The Morgan fingerprint density at radius 3 is 2.67 bits per heavy atom. The van der Waals surface area contributed by atoms with Crippen LogP contribution in [0.5, 0.6) is 5.75 Å². The molecular formula is C16H22N2O3. The number of para-hydroxylation sites is 1. The van der Waals surface area contributed by atoms with Gasteiger partial charge in [-0.1, -0.05) is 18.2 Å². The summed E-state index contributed by atoms with van der Waals surface area (Å²) in [6.45, 7) is 4.79. The van der Waals surface area contributed by atoms with E-state index in [9.17, 15) is 9.59 Å². The van der Waals surface area contributed by atoms with Gasteiger partial charge in [-0.25, -0.2) is 0 Å². The van der Waals surface area contributed by atoms with E-state index in [-0.39, 0.29) is 17.9 Å². The summed E-state index contributed by atoms with van der Waals surface area (Å²) in [5.41, 5.74) is 0. The van der Waals surface area contributed by atoms with Gasteiger partial charge in [0.25, 0.3) is 0 Å². The highest BCUT2D eigenvalue weighted by atomic mass is 16.5. The number of ether oxygens (including phenoxy) is 1. The molecule has 1 fully saturated rings. The number of benzene rings is 1. The monoisotopic (exact) mass is 290 g/mol.